The average Bonchev–Trinajstić information content (AvgIpc) is 3.00. The third kappa shape index (κ3) is 2.98. The lowest BCUT2D eigenvalue weighted by Gasteiger charge is -2.43. The molecule has 1 aliphatic heterocycles. The lowest BCUT2D eigenvalue weighted by molar-refractivity contribution is -0.185. The van der Waals surface area contributed by atoms with E-state index in [1.807, 2.05) is 0 Å². The highest BCUT2D eigenvalue weighted by molar-refractivity contribution is 6.18. The van der Waals surface area contributed by atoms with Gasteiger partial charge in [0.1, 0.15) is 12.2 Å². The van der Waals surface area contributed by atoms with Crippen LogP contribution in [0.5, 0.6) is 0 Å². The summed E-state index contributed by atoms with van der Waals surface area (Å²) in [6.45, 7) is 4.61. The van der Waals surface area contributed by atoms with Crippen molar-refractivity contribution in [2.24, 2.45) is 11.8 Å². The molecule has 2 fully saturated rings. The number of Topliss-reactive ketones (excluding diaryl/α,β-unsaturated/α-hetero) is 1. The summed E-state index contributed by atoms with van der Waals surface area (Å²) in [5.74, 6) is -1.74. The van der Waals surface area contributed by atoms with Gasteiger partial charge in [-0.2, -0.15) is 0 Å². The molecule has 3 aliphatic rings. The van der Waals surface area contributed by atoms with Gasteiger partial charge in [0.05, 0.1) is 13.2 Å². The van der Waals surface area contributed by atoms with E-state index in [1.165, 1.54) is 6.08 Å². The second-order valence-electron chi connectivity index (χ2n) is 6.28. The highest BCUT2D eigenvalue weighted by atomic mass is 16.7. The summed E-state index contributed by atoms with van der Waals surface area (Å²) in [4.78, 5) is 24.6. The Hall–Kier alpha value is -1.50. The number of aliphatic hydroxyl groups is 1. The van der Waals surface area contributed by atoms with E-state index in [2.05, 4.69) is 6.58 Å². The molecule has 1 heterocycles. The minimum absolute atomic E-state index is 0.0765. The summed E-state index contributed by atoms with van der Waals surface area (Å²) < 4.78 is 16.6. The zero-order chi connectivity index (χ0) is 16.4. The van der Waals surface area contributed by atoms with Crippen LogP contribution in [0, 0.1) is 11.8 Å². The molecule has 0 unspecified atom stereocenters. The molecule has 0 bridgehead atoms. The van der Waals surface area contributed by atoms with Crippen LogP contribution in [0.2, 0.25) is 0 Å². The fourth-order valence-electron chi connectivity index (χ4n) is 3.90. The third-order valence-corrected chi connectivity index (χ3v) is 4.95. The summed E-state index contributed by atoms with van der Waals surface area (Å²) in [7, 11) is 0. The van der Waals surface area contributed by atoms with Crippen LogP contribution in [0.3, 0.4) is 0 Å². The molecule has 1 saturated carbocycles. The van der Waals surface area contributed by atoms with Gasteiger partial charge in [-0.05, 0) is 23.8 Å². The number of carbonyl (C=O) groups is 2. The van der Waals surface area contributed by atoms with Gasteiger partial charge in [-0.3, -0.25) is 4.79 Å². The summed E-state index contributed by atoms with van der Waals surface area (Å²) in [5.41, 5.74) is 0.952. The Bertz CT molecular complexity index is 543. The maximum atomic E-state index is 12.4. The van der Waals surface area contributed by atoms with Gasteiger partial charge in [-0.1, -0.05) is 12.7 Å². The minimum Gasteiger partial charge on any atom is -0.458 e. The van der Waals surface area contributed by atoms with Gasteiger partial charge in [0.15, 0.2) is 11.6 Å². The van der Waals surface area contributed by atoms with Crippen LogP contribution in [0.4, 0.5) is 0 Å². The van der Waals surface area contributed by atoms with Crippen molar-refractivity contribution in [2.45, 2.75) is 31.5 Å². The number of ether oxygens (including phenoxy) is 3. The lowest BCUT2D eigenvalue weighted by Crippen LogP contribution is -2.44. The molecule has 0 radical (unpaired) electrons. The number of fused-ring (bicyclic) bond motifs is 1. The van der Waals surface area contributed by atoms with Gasteiger partial charge in [0.25, 0.3) is 0 Å². The molecule has 6 nitrogen and oxygen atoms in total. The van der Waals surface area contributed by atoms with Crippen molar-refractivity contribution in [1.82, 2.24) is 0 Å². The number of carbonyl (C=O) groups excluding carboxylic acids is 2. The Morgan fingerprint density at radius 1 is 1.43 bits per heavy atom. The first kappa shape index (κ1) is 16.4. The highest BCUT2D eigenvalue weighted by Crippen LogP contribution is 2.48. The normalized spacial score (nSPS) is 29.5. The van der Waals surface area contributed by atoms with E-state index in [0.717, 1.165) is 5.57 Å². The standard InChI is InChI=1S/C17H22O6/c1-2-5-21-16(20)15-12-3-4-17(22-6-7-23-17)9-13(12)11(10-18)8-14(15)19/h2,11,13,18H,1,3-10H2/t11-,13-/m1/s1. The van der Waals surface area contributed by atoms with Crippen molar-refractivity contribution in [3.63, 3.8) is 0 Å². The number of hydrogen-bond acceptors (Lipinski definition) is 6. The van der Waals surface area contributed by atoms with Crippen LogP contribution in [-0.4, -0.2) is 49.1 Å². The number of esters is 1. The summed E-state index contributed by atoms with van der Waals surface area (Å²) in [6, 6.07) is 0. The first-order chi connectivity index (χ1) is 11.1. The molecule has 1 saturated heterocycles. The zero-order valence-corrected chi connectivity index (χ0v) is 13.1. The zero-order valence-electron chi connectivity index (χ0n) is 13.1. The predicted molar refractivity (Wildman–Crippen MR) is 80.4 cm³/mol. The molecule has 2 aliphatic carbocycles. The van der Waals surface area contributed by atoms with Crippen LogP contribution in [0.1, 0.15) is 25.7 Å². The average molecular weight is 322 g/mol. The van der Waals surface area contributed by atoms with Gasteiger partial charge in [0.2, 0.25) is 0 Å². The molecule has 0 aromatic carbocycles. The first-order valence-electron chi connectivity index (χ1n) is 8.03. The minimum atomic E-state index is -0.627. The van der Waals surface area contributed by atoms with Crippen molar-refractivity contribution in [1.29, 1.82) is 0 Å². The summed E-state index contributed by atoms with van der Waals surface area (Å²) >= 11 is 0. The Kier molecular flexibility index (Phi) is 4.66. The van der Waals surface area contributed by atoms with Crippen molar-refractivity contribution in [2.75, 3.05) is 26.4 Å². The fourth-order valence-corrected chi connectivity index (χ4v) is 3.90. The second kappa shape index (κ2) is 6.55. The predicted octanol–water partition coefficient (Wildman–Crippen LogP) is 1.14. The highest BCUT2D eigenvalue weighted by Gasteiger charge is 2.49. The number of ketones is 1. The van der Waals surface area contributed by atoms with Gasteiger partial charge in [-0.15, -0.1) is 0 Å². The number of hydrogen-bond donors (Lipinski definition) is 1. The molecule has 3 rings (SSSR count). The molecule has 23 heavy (non-hydrogen) atoms. The number of rotatable bonds is 4. The quantitative estimate of drug-likeness (QED) is 0.475. The van der Waals surface area contributed by atoms with E-state index in [9.17, 15) is 14.7 Å². The lowest BCUT2D eigenvalue weighted by atomic mass is 9.66. The van der Waals surface area contributed by atoms with Crippen LogP contribution in [0.25, 0.3) is 0 Å². The summed E-state index contributed by atoms with van der Waals surface area (Å²) in [5, 5.41) is 9.66. The van der Waals surface area contributed by atoms with E-state index in [1.54, 1.807) is 0 Å². The Morgan fingerprint density at radius 3 is 2.83 bits per heavy atom. The van der Waals surface area contributed by atoms with Crippen molar-refractivity contribution >= 4 is 11.8 Å². The van der Waals surface area contributed by atoms with Gasteiger partial charge in [-0.25, -0.2) is 4.79 Å². The molecule has 6 heteroatoms. The van der Waals surface area contributed by atoms with Gasteiger partial charge < -0.3 is 19.3 Å². The van der Waals surface area contributed by atoms with E-state index >= 15 is 0 Å². The molecule has 1 spiro atoms. The molecule has 0 aromatic heterocycles. The SMILES string of the molecule is C=CCOC(=O)C1=C2CCC3(C[C@@H]2[C@@H](CO)CC1=O)OCCO3. The van der Waals surface area contributed by atoms with Crippen molar-refractivity contribution in [3.8, 4) is 0 Å². The molecular weight excluding hydrogens is 300 g/mol. The summed E-state index contributed by atoms with van der Waals surface area (Å²) in [6.07, 6.45) is 3.35. The van der Waals surface area contributed by atoms with E-state index in [0.29, 0.717) is 32.5 Å². The Morgan fingerprint density at radius 2 is 2.17 bits per heavy atom. The molecule has 1 N–H and O–H groups in total. The molecule has 126 valence electrons. The topological polar surface area (TPSA) is 82.1 Å². The van der Waals surface area contributed by atoms with Crippen molar-refractivity contribution < 1.29 is 28.9 Å². The third-order valence-electron chi connectivity index (χ3n) is 4.95. The van der Waals surface area contributed by atoms with Crippen LogP contribution in [-0.2, 0) is 23.8 Å². The van der Waals surface area contributed by atoms with E-state index in [4.69, 9.17) is 14.2 Å². The Balaban J connectivity index is 1.91. The monoisotopic (exact) mass is 322 g/mol. The fraction of sp³-hybridized carbons (Fsp3) is 0.647. The van der Waals surface area contributed by atoms with Gasteiger partial charge >= 0.3 is 5.97 Å². The smallest absolute Gasteiger partial charge is 0.342 e. The molecule has 0 aromatic rings. The molecular formula is C17H22O6. The van der Waals surface area contributed by atoms with Crippen LogP contribution < -0.4 is 0 Å². The largest absolute Gasteiger partial charge is 0.458 e. The maximum Gasteiger partial charge on any atom is 0.342 e. The first-order valence-corrected chi connectivity index (χ1v) is 8.03. The second-order valence-corrected chi connectivity index (χ2v) is 6.28. The Labute approximate surface area is 135 Å². The number of allylic oxidation sites excluding steroid dienone is 1. The number of aliphatic hydroxyl groups excluding tert-OH is 1. The van der Waals surface area contributed by atoms with Gasteiger partial charge in [0, 0.05) is 25.9 Å². The van der Waals surface area contributed by atoms with E-state index in [-0.39, 0.29) is 42.8 Å². The van der Waals surface area contributed by atoms with Crippen molar-refractivity contribution in [3.05, 3.63) is 23.8 Å². The van der Waals surface area contributed by atoms with Crippen LogP contribution >= 0.6 is 0 Å². The maximum absolute atomic E-state index is 12.4. The molecule has 0 amide bonds. The van der Waals surface area contributed by atoms with E-state index < -0.39 is 11.8 Å². The van der Waals surface area contributed by atoms with Crippen LogP contribution in [0.15, 0.2) is 23.8 Å². The molecule has 2 atom stereocenters.